The summed E-state index contributed by atoms with van der Waals surface area (Å²) in [6, 6.07) is 4.86. The van der Waals surface area contributed by atoms with Gasteiger partial charge in [0.05, 0.1) is 0 Å². The van der Waals surface area contributed by atoms with Crippen LogP contribution in [0.4, 0.5) is 0 Å². The van der Waals surface area contributed by atoms with E-state index in [-0.39, 0.29) is 0 Å². The molecule has 2 heterocycles. The number of rotatable bonds is 3. The van der Waals surface area contributed by atoms with Gasteiger partial charge in [0, 0.05) is 6.04 Å². The summed E-state index contributed by atoms with van der Waals surface area (Å²) in [5.74, 6) is 2.60. The van der Waals surface area contributed by atoms with Crippen LogP contribution < -0.4 is 14.8 Å². The maximum absolute atomic E-state index is 5.71. The highest BCUT2D eigenvalue weighted by Crippen LogP contribution is 2.38. The molecule has 0 spiro atoms. The van der Waals surface area contributed by atoms with Crippen LogP contribution in [0.2, 0.25) is 0 Å². The first kappa shape index (κ1) is 12.8. The van der Waals surface area contributed by atoms with E-state index in [1.807, 2.05) is 0 Å². The first-order valence-electron chi connectivity index (χ1n) is 7.40. The van der Waals surface area contributed by atoms with Gasteiger partial charge >= 0.3 is 0 Å². The number of nitrogens with one attached hydrogen (secondary N) is 1. The molecule has 2 aliphatic heterocycles. The Hall–Kier alpha value is -1.22. The molecule has 0 amide bonds. The summed E-state index contributed by atoms with van der Waals surface area (Å²) >= 11 is 0. The second-order valence-electron chi connectivity index (χ2n) is 5.92. The highest BCUT2D eigenvalue weighted by Gasteiger charge is 2.23. The molecule has 19 heavy (non-hydrogen) atoms. The van der Waals surface area contributed by atoms with E-state index in [0.29, 0.717) is 19.3 Å². The normalized spacial score (nSPS) is 21.3. The Balaban J connectivity index is 1.86. The Bertz CT molecular complexity index is 456. The Kier molecular flexibility index (Phi) is 3.65. The van der Waals surface area contributed by atoms with Crippen molar-refractivity contribution in [3.8, 4) is 11.5 Å². The lowest BCUT2D eigenvalue weighted by Gasteiger charge is -2.30. The molecule has 1 aromatic rings. The van der Waals surface area contributed by atoms with E-state index >= 15 is 0 Å². The SMILES string of the molecule is CC(C)CCC1NCCc2cc3c(cc21)OCCO3. The third kappa shape index (κ3) is 2.71. The molecule has 0 fully saturated rings. The predicted molar refractivity (Wildman–Crippen MR) is 76.0 cm³/mol. The van der Waals surface area contributed by atoms with E-state index in [9.17, 15) is 0 Å². The van der Waals surface area contributed by atoms with Gasteiger partial charge in [-0.2, -0.15) is 0 Å². The average molecular weight is 261 g/mol. The fourth-order valence-electron chi connectivity index (χ4n) is 2.94. The minimum Gasteiger partial charge on any atom is -0.486 e. The summed E-state index contributed by atoms with van der Waals surface area (Å²) in [6.45, 7) is 6.97. The molecule has 3 heteroatoms. The molecule has 1 atom stereocenters. The fourth-order valence-corrected chi connectivity index (χ4v) is 2.94. The Labute approximate surface area is 115 Å². The summed E-state index contributed by atoms with van der Waals surface area (Å²) < 4.78 is 11.4. The molecule has 1 N–H and O–H groups in total. The van der Waals surface area contributed by atoms with Crippen molar-refractivity contribution in [3.05, 3.63) is 23.3 Å². The zero-order chi connectivity index (χ0) is 13.2. The van der Waals surface area contributed by atoms with Gasteiger partial charge in [0.25, 0.3) is 0 Å². The summed E-state index contributed by atoms with van der Waals surface area (Å²) in [7, 11) is 0. The monoisotopic (exact) mass is 261 g/mol. The van der Waals surface area contributed by atoms with E-state index in [1.54, 1.807) is 0 Å². The van der Waals surface area contributed by atoms with Crippen LogP contribution in [0, 0.1) is 5.92 Å². The molecule has 0 aromatic heterocycles. The van der Waals surface area contributed by atoms with Gasteiger partial charge in [-0.25, -0.2) is 0 Å². The zero-order valence-corrected chi connectivity index (χ0v) is 11.9. The second kappa shape index (κ2) is 5.41. The van der Waals surface area contributed by atoms with Gasteiger partial charge in [-0.3, -0.25) is 0 Å². The summed E-state index contributed by atoms with van der Waals surface area (Å²) in [6.07, 6.45) is 3.54. The van der Waals surface area contributed by atoms with Crippen LogP contribution in [0.15, 0.2) is 12.1 Å². The third-order valence-corrected chi connectivity index (χ3v) is 4.00. The second-order valence-corrected chi connectivity index (χ2v) is 5.92. The maximum atomic E-state index is 5.71. The molecule has 0 bridgehead atoms. The maximum Gasteiger partial charge on any atom is 0.161 e. The standard InChI is InChI=1S/C16H23NO2/c1-11(2)3-4-14-13-10-16-15(18-7-8-19-16)9-12(13)5-6-17-14/h9-11,14,17H,3-8H2,1-2H3. The van der Waals surface area contributed by atoms with Crippen LogP contribution in [-0.4, -0.2) is 19.8 Å². The molecular formula is C16H23NO2. The minimum absolute atomic E-state index is 0.474. The van der Waals surface area contributed by atoms with Crippen LogP contribution in [0.25, 0.3) is 0 Å². The smallest absolute Gasteiger partial charge is 0.161 e. The first-order valence-corrected chi connectivity index (χ1v) is 7.40. The van der Waals surface area contributed by atoms with Crippen molar-refractivity contribution in [1.82, 2.24) is 5.32 Å². The lowest BCUT2D eigenvalue weighted by molar-refractivity contribution is 0.171. The fraction of sp³-hybridized carbons (Fsp3) is 0.625. The molecule has 0 radical (unpaired) electrons. The van der Waals surface area contributed by atoms with Crippen molar-refractivity contribution < 1.29 is 9.47 Å². The number of benzene rings is 1. The molecule has 0 saturated heterocycles. The van der Waals surface area contributed by atoms with Crippen molar-refractivity contribution in [3.63, 3.8) is 0 Å². The molecule has 104 valence electrons. The van der Waals surface area contributed by atoms with Crippen LogP contribution >= 0.6 is 0 Å². The molecule has 3 nitrogen and oxygen atoms in total. The van der Waals surface area contributed by atoms with Crippen molar-refractivity contribution in [2.45, 2.75) is 39.2 Å². The summed E-state index contributed by atoms with van der Waals surface area (Å²) in [4.78, 5) is 0. The van der Waals surface area contributed by atoms with Crippen LogP contribution in [-0.2, 0) is 6.42 Å². The molecule has 2 aliphatic rings. The quantitative estimate of drug-likeness (QED) is 0.907. The van der Waals surface area contributed by atoms with Gasteiger partial charge in [-0.05, 0) is 55.0 Å². The zero-order valence-electron chi connectivity index (χ0n) is 11.9. The van der Waals surface area contributed by atoms with Crippen molar-refractivity contribution >= 4 is 0 Å². The molecule has 0 saturated carbocycles. The topological polar surface area (TPSA) is 30.5 Å². The van der Waals surface area contributed by atoms with E-state index in [0.717, 1.165) is 30.4 Å². The van der Waals surface area contributed by atoms with Crippen LogP contribution in [0.5, 0.6) is 11.5 Å². The van der Waals surface area contributed by atoms with Crippen LogP contribution in [0.1, 0.15) is 43.9 Å². The first-order chi connectivity index (χ1) is 9.24. The van der Waals surface area contributed by atoms with E-state index in [2.05, 4.69) is 31.3 Å². The average Bonchev–Trinajstić information content (AvgIpc) is 2.42. The van der Waals surface area contributed by atoms with E-state index < -0.39 is 0 Å². The molecular weight excluding hydrogens is 238 g/mol. The minimum atomic E-state index is 0.474. The van der Waals surface area contributed by atoms with Crippen molar-refractivity contribution in [2.75, 3.05) is 19.8 Å². The van der Waals surface area contributed by atoms with Gasteiger partial charge in [0.15, 0.2) is 11.5 Å². The molecule has 1 aromatic carbocycles. The number of ether oxygens (including phenoxy) is 2. The van der Waals surface area contributed by atoms with Crippen LogP contribution in [0.3, 0.4) is 0 Å². The largest absolute Gasteiger partial charge is 0.486 e. The summed E-state index contributed by atoms with van der Waals surface area (Å²) in [5.41, 5.74) is 2.84. The molecule has 3 rings (SSSR count). The highest BCUT2D eigenvalue weighted by atomic mass is 16.6. The number of hydrogen-bond acceptors (Lipinski definition) is 3. The Morgan fingerprint density at radius 3 is 2.68 bits per heavy atom. The van der Waals surface area contributed by atoms with E-state index in [1.165, 1.54) is 24.0 Å². The number of fused-ring (bicyclic) bond motifs is 2. The van der Waals surface area contributed by atoms with Gasteiger partial charge in [0.1, 0.15) is 13.2 Å². The van der Waals surface area contributed by atoms with Gasteiger partial charge < -0.3 is 14.8 Å². The third-order valence-electron chi connectivity index (χ3n) is 4.00. The lowest BCUT2D eigenvalue weighted by Crippen LogP contribution is -2.30. The highest BCUT2D eigenvalue weighted by molar-refractivity contribution is 5.50. The van der Waals surface area contributed by atoms with E-state index in [4.69, 9.17) is 9.47 Å². The van der Waals surface area contributed by atoms with Gasteiger partial charge in [-0.15, -0.1) is 0 Å². The predicted octanol–water partition coefficient (Wildman–Crippen LogP) is 3.08. The molecule has 0 aliphatic carbocycles. The Morgan fingerprint density at radius 2 is 1.95 bits per heavy atom. The number of hydrogen-bond donors (Lipinski definition) is 1. The Morgan fingerprint density at radius 1 is 1.21 bits per heavy atom. The van der Waals surface area contributed by atoms with Gasteiger partial charge in [-0.1, -0.05) is 13.8 Å². The van der Waals surface area contributed by atoms with Gasteiger partial charge in [0.2, 0.25) is 0 Å². The van der Waals surface area contributed by atoms with Crippen molar-refractivity contribution in [2.24, 2.45) is 5.92 Å². The lowest BCUT2D eigenvalue weighted by atomic mass is 9.89. The molecule has 1 unspecified atom stereocenters. The van der Waals surface area contributed by atoms with Crippen molar-refractivity contribution in [1.29, 1.82) is 0 Å². The summed E-state index contributed by atoms with van der Waals surface area (Å²) in [5, 5.41) is 3.64.